The number of aromatic carboxylic acids is 1. The van der Waals surface area contributed by atoms with E-state index in [-0.39, 0.29) is 47.7 Å². The summed E-state index contributed by atoms with van der Waals surface area (Å²) < 4.78 is 28.4. The van der Waals surface area contributed by atoms with E-state index in [0.717, 1.165) is 6.42 Å². The molecule has 154 valence electrons. The fourth-order valence-corrected chi connectivity index (χ4v) is 4.85. The van der Waals surface area contributed by atoms with E-state index in [1.165, 1.54) is 16.7 Å². The molecule has 0 saturated carbocycles. The minimum Gasteiger partial charge on any atom is -0.487 e. The Bertz CT molecular complexity index is 1080. The van der Waals surface area contributed by atoms with Gasteiger partial charge >= 0.3 is 5.97 Å². The molecule has 9 heteroatoms. The molecular formula is C20H22FN3O5. The van der Waals surface area contributed by atoms with Gasteiger partial charge in [-0.2, -0.15) is 0 Å². The Morgan fingerprint density at radius 3 is 2.86 bits per heavy atom. The van der Waals surface area contributed by atoms with E-state index in [4.69, 9.17) is 15.2 Å². The number of rotatable bonds is 2. The van der Waals surface area contributed by atoms with Gasteiger partial charge in [0.25, 0.3) is 5.56 Å². The number of hydrogen-bond donors (Lipinski definition) is 2. The molecule has 4 heterocycles. The second-order valence-electron chi connectivity index (χ2n) is 8.10. The maximum absolute atomic E-state index is 15.3. The Morgan fingerprint density at radius 1 is 1.34 bits per heavy atom. The summed E-state index contributed by atoms with van der Waals surface area (Å²) in [4.78, 5) is 26.2. The van der Waals surface area contributed by atoms with Gasteiger partial charge < -0.3 is 25.2 Å². The van der Waals surface area contributed by atoms with Crippen LogP contribution in [0.4, 0.5) is 10.1 Å². The molecule has 0 aliphatic carbocycles. The number of carbonyl (C=O) groups is 1. The lowest BCUT2D eigenvalue weighted by Crippen LogP contribution is -2.43. The van der Waals surface area contributed by atoms with Gasteiger partial charge in [0.05, 0.1) is 17.7 Å². The molecule has 0 bridgehead atoms. The summed E-state index contributed by atoms with van der Waals surface area (Å²) in [7, 11) is 0. The van der Waals surface area contributed by atoms with Gasteiger partial charge in [0.15, 0.2) is 11.6 Å². The summed E-state index contributed by atoms with van der Waals surface area (Å²) in [5.74, 6) is -1.47. The SMILES string of the molecule is C[C@H]1COc2c(N3C[C@H]4[C@H](C3)OCC[C@@H]4N)c(F)cc3cc(C(=O)O)c(=O)n1c23. The summed E-state index contributed by atoms with van der Waals surface area (Å²) in [6, 6.07) is 2.13. The van der Waals surface area contributed by atoms with Gasteiger partial charge in [-0.25, -0.2) is 9.18 Å². The largest absolute Gasteiger partial charge is 0.487 e. The lowest BCUT2D eigenvalue weighted by Gasteiger charge is -2.31. The average Bonchev–Trinajstić information content (AvgIpc) is 3.10. The molecule has 2 fully saturated rings. The van der Waals surface area contributed by atoms with Crippen molar-refractivity contribution in [1.82, 2.24) is 4.57 Å². The van der Waals surface area contributed by atoms with Crippen LogP contribution in [0.1, 0.15) is 29.7 Å². The zero-order valence-electron chi connectivity index (χ0n) is 15.9. The van der Waals surface area contributed by atoms with Gasteiger partial charge in [-0.15, -0.1) is 0 Å². The molecule has 3 N–H and O–H groups in total. The van der Waals surface area contributed by atoms with Crippen molar-refractivity contribution >= 4 is 22.6 Å². The van der Waals surface area contributed by atoms with Crippen molar-refractivity contribution in [1.29, 1.82) is 0 Å². The molecular weight excluding hydrogens is 381 g/mol. The molecule has 5 rings (SSSR count). The van der Waals surface area contributed by atoms with E-state index in [0.29, 0.717) is 30.6 Å². The molecule has 1 aromatic carbocycles. The maximum Gasteiger partial charge on any atom is 0.341 e. The van der Waals surface area contributed by atoms with Crippen LogP contribution in [0.25, 0.3) is 10.9 Å². The highest BCUT2D eigenvalue weighted by molar-refractivity contribution is 5.97. The second-order valence-corrected chi connectivity index (χ2v) is 8.10. The monoisotopic (exact) mass is 403 g/mol. The van der Waals surface area contributed by atoms with Crippen molar-refractivity contribution in [3.63, 3.8) is 0 Å². The lowest BCUT2D eigenvalue weighted by molar-refractivity contribution is -0.00904. The van der Waals surface area contributed by atoms with E-state index >= 15 is 4.39 Å². The number of carboxylic acids is 1. The summed E-state index contributed by atoms with van der Waals surface area (Å²) in [6.45, 7) is 3.55. The third kappa shape index (κ3) is 2.64. The molecule has 3 aliphatic rings. The van der Waals surface area contributed by atoms with Crippen LogP contribution in [-0.2, 0) is 4.74 Å². The predicted molar refractivity (Wildman–Crippen MR) is 103 cm³/mol. The van der Waals surface area contributed by atoms with Crippen molar-refractivity contribution in [3.8, 4) is 5.75 Å². The molecule has 2 saturated heterocycles. The van der Waals surface area contributed by atoms with Crippen molar-refractivity contribution < 1.29 is 23.8 Å². The number of hydrogen-bond acceptors (Lipinski definition) is 6. The van der Waals surface area contributed by atoms with Crippen LogP contribution in [-0.4, -0.2) is 54.1 Å². The number of ether oxygens (including phenoxy) is 2. The van der Waals surface area contributed by atoms with E-state index < -0.39 is 17.3 Å². The Hall–Kier alpha value is -2.65. The number of nitrogens with two attached hydrogens (primary N) is 1. The highest BCUT2D eigenvalue weighted by atomic mass is 19.1. The number of carboxylic acid groups (broad SMARTS) is 1. The number of halogens is 1. The van der Waals surface area contributed by atoms with Crippen LogP contribution in [0.3, 0.4) is 0 Å². The second kappa shape index (κ2) is 6.43. The van der Waals surface area contributed by atoms with Gasteiger partial charge in [0, 0.05) is 37.0 Å². The van der Waals surface area contributed by atoms with Crippen LogP contribution in [0.15, 0.2) is 16.9 Å². The molecule has 0 spiro atoms. The van der Waals surface area contributed by atoms with E-state index in [1.807, 2.05) is 4.90 Å². The molecule has 1 aromatic heterocycles. The molecule has 2 aromatic rings. The number of benzene rings is 1. The quantitative estimate of drug-likeness (QED) is 0.779. The van der Waals surface area contributed by atoms with E-state index in [9.17, 15) is 14.7 Å². The van der Waals surface area contributed by atoms with Crippen LogP contribution in [0.2, 0.25) is 0 Å². The van der Waals surface area contributed by atoms with E-state index in [2.05, 4.69) is 0 Å². The molecule has 3 aliphatic heterocycles. The van der Waals surface area contributed by atoms with Crippen LogP contribution >= 0.6 is 0 Å². The number of pyridine rings is 1. The number of fused-ring (bicyclic) bond motifs is 1. The van der Waals surface area contributed by atoms with Gasteiger partial charge in [-0.3, -0.25) is 9.36 Å². The molecule has 0 radical (unpaired) electrons. The number of nitrogens with zero attached hydrogens (tertiary/aromatic N) is 2. The first-order chi connectivity index (χ1) is 13.9. The Morgan fingerprint density at radius 2 is 2.14 bits per heavy atom. The van der Waals surface area contributed by atoms with Crippen LogP contribution in [0, 0.1) is 11.7 Å². The van der Waals surface area contributed by atoms with Gasteiger partial charge in [0.1, 0.15) is 17.9 Å². The number of aromatic nitrogens is 1. The fraction of sp³-hybridized carbons (Fsp3) is 0.500. The Balaban J connectivity index is 1.71. The fourth-order valence-electron chi connectivity index (χ4n) is 4.85. The Labute approximate surface area is 165 Å². The average molecular weight is 403 g/mol. The predicted octanol–water partition coefficient (Wildman–Crippen LogP) is 1.34. The van der Waals surface area contributed by atoms with Crippen LogP contribution in [0.5, 0.6) is 5.75 Å². The smallest absolute Gasteiger partial charge is 0.341 e. The van der Waals surface area contributed by atoms with E-state index in [1.54, 1.807) is 6.92 Å². The van der Waals surface area contributed by atoms with Crippen LogP contribution < -0.4 is 20.9 Å². The molecule has 4 atom stereocenters. The van der Waals surface area contributed by atoms with Crippen molar-refractivity contribution in [2.24, 2.45) is 11.7 Å². The summed E-state index contributed by atoms with van der Waals surface area (Å²) >= 11 is 0. The number of anilines is 1. The van der Waals surface area contributed by atoms with Gasteiger partial charge in [-0.1, -0.05) is 0 Å². The minimum absolute atomic E-state index is 0.00382. The molecule has 29 heavy (non-hydrogen) atoms. The zero-order chi connectivity index (χ0) is 20.4. The first kappa shape index (κ1) is 18.4. The zero-order valence-corrected chi connectivity index (χ0v) is 15.9. The third-order valence-electron chi connectivity index (χ3n) is 6.30. The Kier molecular flexibility index (Phi) is 4.08. The minimum atomic E-state index is -1.33. The normalized spacial score (nSPS) is 28.3. The standard InChI is InChI=1S/C20H22FN3O5/c1-9-8-29-18-16-10(4-11(20(26)27)19(25)24(9)16)5-13(21)17(18)23-6-12-14(22)2-3-28-15(12)7-23/h4-5,9,12,14-15H,2-3,6-8,22H2,1H3,(H,26,27)/t9-,12+,14-,15-/m0/s1. The third-order valence-corrected chi connectivity index (χ3v) is 6.30. The van der Waals surface area contributed by atoms with Crippen molar-refractivity contribution in [3.05, 3.63) is 33.9 Å². The van der Waals surface area contributed by atoms with Crippen molar-refractivity contribution in [2.45, 2.75) is 31.5 Å². The van der Waals surface area contributed by atoms with Crippen molar-refractivity contribution in [2.75, 3.05) is 31.2 Å². The summed E-state index contributed by atoms with van der Waals surface area (Å²) in [6.07, 6.45) is 0.702. The lowest BCUT2D eigenvalue weighted by atomic mass is 9.93. The first-order valence-corrected chi connectivity index (χ1v) is 9.76. The topological polar surface area (TPSA) is 107 Å². The summed E-state index contributed by atoms with van der Waals surface area (Å²) in [5.41, 5.74) is 5.96. The molecule has 8 nitrogen and oxygen atoms in total. The van der Waals surface area contributed by atoms with Gasteiger partial charge in [0.2, 0.25) is 0 Å². The molecule has 0 amide bonds. The van der Waals surface area contributed by atoms with Gasteiger partial charge in [-0.05, 0) is 25.5 Å². The highest BCUT2D eigenvalue weighted by Gasteiger charge is 2.42. The summed E-state index contributed by atoms with van der Waals surface area (Å²) in [5, 5.41) is 9.71. The first-order valence-electron chi connectivity index (χ1n) is 9.76. The molecule has 0 unspecified atom stereocenters. The highest BCUT2D eigenvalue weighted by Crippen LogP contribution is 2.44. The maximum atomic E-state index is 15.3.